The van der Waals surface area contributed by atoms with Gasteiger partial charge in [-0.05, 0) is 30.3 Å². The maximum Gasteiger partial charge on any atom is 0.321 e. The number of amides is 3. The van der Waals surface area contributed by atoms with E-state index in [1.807, 2.05) is 0 Å². The Bertz CT molecular complexity index is 730. The second-order valence-electron chi connectivity index (χ2n) is 5.46. The lowest BCUT2D eigenvalue weighted by Crippen LogP contribution is -2.51. The van der Waals surface area contributed by atoms with Gasteiger partial charge in [0.2, 0.25) is 0 Å². The zero-order valence-corrected chi connectivity index (χ0v) is 13.0. The van der Waals surface area contributed by atoms with Gasteiger partial charge in [-0.2, -0.15) is 0 Å². The van der Waals surface area contributed by atoms with Crippen LogP contribution in [0.15, 0.2) is 48.8 Å². The Kier molecular flexibility index (Phi) is 4.69. The third-order valence-corrected chi connectivity index (χ3v) is 3.86. The summed E-state index contributed by atoms with van der Waals surface area (Å²) < 4.78 is 13.2. The fourth-order valence-electron chi connectivity index (χ4n) is 2.55. The zero-order valence-electron chi connectivity index (χ0n) is 13.0. The number of rotatable bonds is 2. The first-order valence-corrected chi connectivity index (χ1v) is 7.64. The molecule has 1 fully saturated rings. The Morgan fingerprint density at radius 1 is 1.00 bits per heavy atom. The number of carbonyl (C=O) groups is 2. The van der Waals surface area contributed by atoms with Crippen LogP contribution in [-0.2, 0) is 0 Å². The fraction of sp³-hybridized carbons (Fsp3) is 0.235. The number of nitrogens with zero attached hydrogens (tertiary/aromatic N) is 3. The molecule has 24 heavy (non-hydrogen) atoms. The molecule has 3 amide bonds. The Morgan fingerprint density at radius 3 is 2.33 bits per heavy atom. The lowest BCUT2D eigenvalue weighted by molar-refractivity contribution is 0.0671. The largest absolute Gasteiger partial charge is 0.335 e. The van der Waals surface area contributed by atoms with Crippen LogP contribution in [0.1, 0.15) is 10.4 Å². The normalized spacial score (nSPS) is 14.4. The van der Waals surface area contributed by atoms with Crippen molar-refractivity contribution >= 4 is 17.6 Å². The monoisotopic (exact) mass is 328 g/mol. The SMILES string of the molecule is O=C(Nc1ccncc1)N1CCN(C(=O)c2cccc(F)c2)CC1. The molecule has 0 radical (unpaired) electrons. The molecule has 1 N–H and O–H groups in total. The number of piperazine rings is 1. The van der Waals surface area contributed by atoms with Crippen molar-refractivity contribution < 1.29 is 14.0 Å². The van der Waals surface area contributed by atoms with Gasteiger partial charge in [0.05, 0.1) is 0 Å². The summed E-state index contributed by atoms with van der Waals surface area (Å²) in [6, 6.07) is 8.85. The van der Waals surface area contributed by atoms with E-state index < -0.39 is 5.82 Å². The van der Waals surface area contributed by atoms with Crippen LogP contribution in [0.5, 0.6) is 0 Å². The molecule has 3 rings (SSSR count). The average molecular weight is 328 g/mol. The highest BCUT2D eigenvalue weighted by atomic mass is 19.1. The highest BCUT2D eigenvalue weighted by molar-refractivity contribution is 5.94. The van der Waals surface area contributed by atoms with Gasteiger partial charge in [-0.15, -0.1) is 0 Å². The van der Waals surface area contributed by atoms with Crippen LogP contribution >= 0.6 is 0 Å². The molecule has 1 saturated heterocycles. The summed E-state index contributed by atoms with van der Waals surface area (Å²) in [6.07, 6.45) is 3.20. The van der Waals surface area contributed by atoms with Crippen molar-refractivity contribution in [2.24, 2.45) is 0 Å². The molecule has 0 saturated carbocycles. The van der Waals surface area contributed by atoms with E-state index >= 15 is 0 Å². The van der Waals surface area contributed by atoms with Crippen LogP contribution in [-0.4, -0.2) is 52.9 Å². The fourth-order valence-corrected chi connectivity index (χ4v) is 2.55. The zero-order chi connectivity index (χ0) is 16.9. The number of hydrogen-bond acceptors (Lipinski definition) is 3. The summed E-state index contributed by atoms with van der Waals surface area (Å²) in [6.45, 7) is 1.69. The van der Waals surface area contributed by atoms with Crippen LogP contribution in [0, 0.1) is 5.82 Å². The summed E-state index contributed by atoms with van der Waals surface area (Å²) in [4.78, 5) is 31.7. The Balaban J connectivity index is 1.55. The maximum atomic E-state index is 13.2. The van der Waals surface area contributed by atoms with Crippen LogP contribution < -0.4 is 5.32 Å². The van der Waals surface area contributed by atoms with Crippen LogP contribution in [0.25, 0.3) is 0 Å². The molecule has 6 nitrogen and oxygen atoms in total. The quantitative estimate of drug-likeness (QED) is 0.919. The van der Waals surface area contributed by atoms with Crippen LogP contribution in [0.3, 0.4) is 0 Å². The first kappa shape index (κ1) is 15.9. The molecule has 0 unspecified atom stereocenters. The third-order valence-electron chi connectivity index (χ3n) is 3.86. The summed E-state index contributed by atoms with van der Waals surface area (Å²) in [5, 5.41) is 2.79. The van der Waals surface area contributed by atoms with E-state index in [1.54, 1.807) is 40.4 Å². The standard InChI is InChI=1S/C17H17FN4O2/c18-14-3-1-2-13(12-14)16(23)21-8-10-22(11-9-21)17(24)20-15-4-6-19-7-5-15/h1-7,12H,8-11H2,(H,19,20,24). The smallest absolute Gasteiger partial charge is 0.321 e. The van der Waals surface area contributed by atoms with E-state index in [2.05, 4.69) is 10.3 Å². The number of anilines is 1. The van der Waals surface area contributed by atoms with Gasteiger partial charge in [-0.1, -0.05) is 6.07 Å². The van der Waals surface area contributed by atoms with Crippen LogP contribution in [0.2, 0.25) is 0 Å². The summed E-state index contributed by atoms with van der Waals surface area (Å²) in [5.74, 6) is -0.653. The molecule has 2 heterocycles. The number of nitrogens with one attached hydrogen (secondary N) is 1. The number of halogens is 1. The van der Waals surface area contributed by atoms with Gasteiger partial charge in [0, 0.05) is 49.8 Å². The predicted octanol–water partition coefficient (Wildman–Crippen LogP) is 2.21. The van der Waals surface area contributed by atoms with E-state index in [0.717, 1.165) is 0 Å². The van der Waals surface area contributed by atoms with Crippen molar-refractivity contribution in [3.05, 3.63) is 60.2 Å². The summed E-state index contributed by atoms with van der Waals surface area (Å²) >= 11 is 0. The molecule has 1 aromatic carbocycles. The summed E-state index contributed by atoms with van der Waals surface area (Å²) in [7, 11) is 0. The van der Waals surface area contributed by atoms with Crippen molar-refractivity contribution in [3.63, 3.8) is 0 Å². The lowest BCUT2D eigenvalue weighted by Gasteiger charge is -2.34. The molecular formula is C17H17FN4O2. The topological polar surface area (TPSA) is 65.5 Å². The second kappa shape index (κ2) is 7.08. The Hall–Kier alpha value is -2.96. The van der Waals surface area contributed by atoms with Gasteiger partial charge in [0.1, 0.15) is 5.82 Å². The molecule has 2 aromatic rings. The van der Waals surface area contributed by atoms with Crippen molar-refractivity contribution in [1.82, 2.24) is 14.8 Å². The molecule has 1 aliphatic heterocycles. The number of benzene rings is 1. The van der Waals surface area contributed by atoms with Gasteiger partial charge in [-0.25, -0.2) is 9.18 Å². The van der Waals surface area contributed by atoms with Crippen molar-refractivity contribution in [1.29, 1.82) is 0 Å². The van der Waals surface area contributed by atoms with Gasteiger partial charge in [0.25, 0.3) is 5.91 Å². The van der Waals surface area contributed by atoms with Gasteiger partial charge in [0.15, 0.2) is 0 Å². The molecule has 0 spiro atoms. The first-order valence-electron chi connectivity index (χ1n) is 7.64. The number of urea groups is 1. The van der Waals surface area contributed by atoms with E-state index in [-0.39, 0.29) is 11.9 Å². The lowest BCUT2D eigenvalue weighted by atomic mass is 10.2. The number of pyridine rings is 1. The van der Waals surface area contributed by atoms with E-state index in [4.69, 9.17) is 0 Å². The van der Waals surface area contributed by atoms with E-state index in [1.165, 1.54) is 18.2 Å². The predicted molar refractivity (Wildman–Crippen MR) is 87.1 cm³/mol. The molecule has 0 atom stereocenters. The molecule has 124 valence electrons. The molecule has 0 aliphatic carbocycles. The first-order chi connectivity index (χ1) is 11.6. The summed E-state index contributed by atoms with van der Waals surface area (Å²) in [5.41, 5.74) is 0.998. The van der Waals surface area contributed by atoms with Gasteiger partial charge in [-0.3, -0.25) is 9.78 Å². The minimum absolute atomic E-state index is 0.209. The van der Waals surface area contributed by atoms with E-state index in [0.29, 0.717) is 37.4 Å². The number of carbonyl (C=O) groups excluding carboxylic acids is 2. The Morgan fingerprint density at radius 2 is 1.67 bits per heavy atom. The van der Waals surface area contributed by atoms with E-state index in [9.17, 15) is 14.0 Å². The third kappa shape index (κ3) is 3.68. The maximum absolute atomic E-state index is 13.2. The molecule has 1 aromatic heterocycles. The second-order valence-corrected chi connectivity index (χ2v) is 5.46. The van der Waals surface area contributed by atoms with Crippen molar-refractivity contribution in [2.75, 3.05) is 31.5 Å². The average Bonchev–Trinajstić information content (AvgIpc) is 2.62. The number of hydrogen-bond donors (Lipinski definition) is 1. The van der Waals surface area contributed by atoms with Crippen LogP contribution in [0.4, 0.5) is 14.9 Å². The van der Waals surface area contributed by atoms with Gasteiger partial charge >= 0.3 is 6.03 Å². The van der Waals surface area contributed by atoms with Crippen molar-refractivity contribution in [2.45, 2.75) is 0 Å². The highest BCUT2D eigenvalue weighted by Crippen LogP contribution is 2.12. The minimum Gasteiger partial charge on any atom is -0.335 e. The molecular weight excluding hydrogens is 311 g/mol. The molecule has 7 heteroatoms. The molecule has 1 aliphatic rings. The number of aromatic nitrogens is 1. The highest BCUT2D eigenvalue weighted by Gasteiger charge is 2.25. The minimum atomic E-state index is -0.434. The molecule has 0 bridgehead atoms. The van der Waals surface area contributed by atoms with Gasteiger partial charge < -0.3 is 15.1 Å². The van der Waals surface area contributed by atoms with Crippen molar-refractivity contribution in [3.8, 4) is 0 Å². The Labute approximate surface area is 138 Å².